The number of nitrogens with zero attached hydrogens (tertiary/aromatic N) is 2. The van der Waals surface area contributed by atoms with E-state index in [1.807, 2.05) is 44.2 Å². The summed E-state index contributed by atoms with van der Waals surface area (Å²) in [7, 11) is 0. The molecule has 2 aliphatic carbocycles. The lowest BCUT2D eigenvalue weighted by Gasteiger charge is -2.48. The van der Waals surface area contributed by atoms with Crippen molar-refractivity contribution in [1.29, 1.82) is 0 Å². The summed E-state index contributed by atoms with van der Waals surface area (Å²) < 4.78 is 0. The number of aliphatic imine (C=N–C) groups is 1. The van der Waals surface area contributed by atoms with E-state index in [0.29, 0.717) is 48.0 Å². The fourth-order valence-electron chi connectivity index (χ4n) is 6.78. The number of amides is 2. The van der Waals surface area contributed by atoms with Gasteiger partial charge in [0, 0.05) is 17.2 Å². The average molecular weight is 659 g/mol. The zero-order valence-electron chi connectivity index (χ0n) is 29.1. The van der Waals surface area contributed by atoms with Crippen LogP contribution in [-0.2, 0) is 9.59 Å². The summed E-state index contributed by atoms with van der Waals surface area (Å²) in [5.74, 6) is 0.476. The molecule has 3 aliphatic rings. The average Bonchev–Trinajstić information content (AvgIpc) is 3.09. The van der Waals surface area contributed by atoms with Crippen LogP contribution in [0.4, 0.5) is 0 Å². The Labute approximate surface area is 283 Å². The molecule has 2 amide bonds. The van der Waals surface area contributed by atoms with Crippen molar-refractivity contribution < 1.29 is 9.59 Å². The minimum Gasteiger partial charge on any atom is -0.352 e. The maximum absolute atomic E-state index is 14.7. The zero-order chi connectivity index (χ0) is 33.6. The smallest absolute Gasteiger partial charge is 0.274 e. The van der Waals surface area contributed by atoms with E-state index in [1.54, 1.807) is 0 Å². The summed E-state index contributed by atoms with van der Waals surface area (Å²) in [5.41, 5.74) is 2.69. The first-order valence-corrected chi connectivity index (χ1v) is 17.8. The second kappa shape index (κ2) is 15.7. The Kier molecular flexibility index (Phi) is 13.0. The van der Waals surface area contributed by atoms with Crippen molar-refractivity contribution in [2.45, 2.75) is 137 Å². The van der Waals surface area contributed by atoms with Gasteiger partial charge < -0.3 is 10.2 Å². The second-order valence-electron chi connectivity index (χ2n) is 15.4. The molecule has 0 radical (unpaired) electrons. The van der Waals surface area contributed by atoms with E-state index >= 15 is 0 Å². The number of rotatable bonds is 11. The third-order valence-corrected chi connectivity index (χ3v) is 10.2. The van der Waals surface area contributed by atoms with Crippen LogP contribution in [0.15, 0.2) is 63.7 Å². The molecule has 0 aromatic carbocycles. The van der Waals surface area contributed by atoms with Crippen molar-refractivity contribution in [2.24, 2.45) is 21.7 Å². The summed E-state index contributed by atoms with van der Waals surface area (Å²) in [5, 5.41) is 3.34. The van der Waals surface area contributed by atoms with Crippen LogP contribution in [0.5, 0.6) is 0 Å². The molecule has 1 spiro atoms. The molecule has 0 aromatic rings. The van der Waals surface area contributed by atoms with Crippen LogP contribution in [0.3, 0.4) is 0 Å². The molecule has 2 atom stereocenters. The minimum absolute atomic E-state index is 0.0231. The number of carbonyl (C=O) groups excluding carboxylic acids is 2. The number of hydrogen-bond donors (Lipinski definition) is 1. The van der Waals surface area contributed by atoms with E-state index < -0.39 is 5.66 Å². The first-order valence-electron chi connectivity index (χ1n) is 17.0. The molecule has 5 nitrogen and oxygen atoms in total. The Morgan fingerprint density at radius 2 is 1.87 bits per heavy atom. The van der Waals surface area contributed by atoms with Gasteiger partial charge in [0.2, 0.25) is 0 Å². The van der Waals surface area contributed by atoms with Gasteiger partial charge in [-0.05, 0) is 106 Å². The molecular weight excluding hydrogens is 601 g/mol. The summed E-state index contributed by atoms with van der Waals surface area (Å²) in [6, 6.07) is -0.185. The molecule has 3 rings (SSSR count). The highest BCUT2D eigenvalue weighted by Gasteiger charge is 2.53. The Morgan fingerprint density at radius 3 is 2.44 bits per heavy atom. The highest BCUT2D eigenvalue weighted by molar-refractivity contribution is 6.47. The van der Waals surface area contributed by atoms with Gasteiger partial charge in [-0.3, -0.25) is 14.6 Å². The monoisotopic (exact) mass is 657 g/mol. The normalized spacial score (nSPS) is 25.6. The first-order chi connectivity index (χ1) is 21.0. The van der Waals surface area contributed by atoms with Gasteiger partial charge in [0.25, 0.3) is 11.8 Å². The molecule has 0 bridgehead atoms. The topological polar surface area (TPSA) is 61.8 Å². The summed E-state index contributed by atoms with van der Waals surface area (Å²) in [4.78, 5) is 34.8. The molecule has 1 saturated carbocycles. The van der Waals surface area contributed by atoms with Crippen LogP contribution in [-0.4, -0.2) is 46.1 Å². The summed E-state index contributed by atoms with van der Waals surface area (Å²) in [6.07, 6.45) is 17.7. The highest BCUT2D eigenvalue weighted by atomic mass is 35.5. The maximum atomic E-state index is 14.7. The van der Waals surface area contributed by atoms with E-state index in [1.165, 1.54) is 0 Å². The molecule has 0 saturated heterocycles. The lowest BCUT2D eigenvalue weighted by atomic mass is 9.69. The Hall–Kier alpha value is -2.11. The van der Waals surface area contributed by atoms with Gasteiger partial charge in [-0.1, -0.05) is 90.4 Å². The van der Waals surface area contributed by atoms with Crippen LogP contribution in [0.2, 0.25) is 0 Å². The van der Waals surface area contributed by atoms with Gasteiger partial charge in [-0.15, -0.1) is 11.6 Å². The number of carbonyl (C=O) groups is 2. The van der Waals surface area contributed by atoms with Crippen molar-refractivity contribution in [3.05, 3.63) is 58.7 Å². The molecule has 1 fully saturated rings. The molecule has 1 aliphatic heterocycles. The Bertz CT molecular complexity index is 1250. The van der Waals surface area contributed by atoms with Gasteiger partial charge in [-0.25, -0.2) is 0 Å². The standard InChI is InChI=1S/C38H57Cl2N3O2/c1-10-23-41-34(44)27(11-2)14-12-13-26(3)32(19-20-36(4,5)6)43-35(45)33(28-15-16-30(39)25-31(40)24-28)42-38(43)21-17-29(18-22-38)37(7,8)9/h11-12,14,24-25,29-30,32H,3,10,13,15-23H2,1-2,4-9H3,(H,41,44)/b14-12?,27-11+. The lowest BCUT2D eigenvalue weighted by molar-refractivity contribution is -0.132. The van der Waals surface area contributed by atoms with Crippen molar-refractivity contribution >= 4 is 40.7 Å². The van der Waals surface area contributed by atoms with E-state index in [2.05, 4.69) is 58.3 Å². The predicted octanol–water partition coefficient (Wildman–Crippen LogP) is 9.82. The van der Waals surface area contributed by atoms with E-state index in [0.717, 1.165) is 56.1 Å². The van der Waals surface area contributed by atoms with Gasteiger partial charge in [0.15, 0.2) is 0 Å². The summed E-state index contributed by atoms with van der Waals surface area (Å²) >= 11 is 13.0. The summed E-state index contributed by atoms with van der Waals surface area (Å²) in [6.45, 7) is 22.8. The minimum atomic E-state index is -0.610. The molecule has 0 aromatic heterocycles. The largest absolute Gasteiger partial charge is 0.352 e. The van der Waals surface area contributed by atoms with E-state index in [9.17, 15) is 9.59 Å². The predicted molar refractivity (Wildman–Crippen MR) is 192 cm³/mol. The molecule has 250 valence electrons. The number of allylic oxidation sites excluding steroid dienone is 5. The lowest BCUT2D eigenvalue weighted by Crippen LogP contribution is -2.55. The molecule has 2 unspecified atom stereocenters. The molecule has 1 heterocycles. The third kappa shape index (κ3) is 9.94. The second-order valence-corrected chi connectivity index (χ2v) is 16.4. The van der Waals surface area contributed by atoms with Crippen LogP contribution < -0.4 is 5.32 Å². The van der Waals surface area contributed by atoms with E-state index in [4.69, 9.17) is 28.2 Å². The van der Waals surface area contributed by atoms with Gasteiger partial charge in [0.05, 0.1) is 11.4 Å². The first kappa shape index (κ1) is 37.3. The van der Waals surface area contributed by atoms with Crippen LogP contribution in [0.25, 0.3) is 0 Å². The molecule has 1 N–H and O–H groups in total. The SMILES string of the molecule is C=C(CC=C/C(=C\C)C(=O)NCCC)C(CCC(C)(C)C)N1C(=O)C(C2=CC(Cl)=CC(Cl)CC2)=NC12CCC(C(C)(C)C)CC2. The van der Waals surface area contributed by atoms with Gasteiger partial charge >= 0.3 is 0 Å². The van der Waals surface area contributed by atoms with Crippen molar-refractivity contribution in [3.8, 4) is 0 Å². The zero-order valence-corrected chi connectivity index (χ0v) is 30.6. The van der Waals surface area contributed by atoms with Crippen molar-refractivity contribution in [3.63, 3.8) is 0 Å². The Balaban J connectivity index is 2.00. The van der Waals surface area contributed by atoms with Crippen LogP contribution >= 0.6 is 23.2 Å². The molecular formula is C38H57Cl2N3O2. The fourth-order valence-corrected chi connectivity index (χ4v) is 7.37. The quantitative estimate of drug-likeness (QED) is 0.104. The van der Waals surface area contributed by atoms with Gasteiger partial charge in [0.1, 0.15) is 11.4 Å². The fraction of sp³-hybridized carbons (Fsp3) is 0.658. The van der Waals surface area contributed by atoms with E-state index in [-0.39, 0.29) is 34.1 Å². The number of nitrogens with one attached hydrogen (secondary N) is 1. The van der Waals surface area contributed by atoms with Gasteiger partial charge in [-0.2, -0.15) is 0 Å². The van der Waals surface area contributed by atoms with Crippen LogP contribution in [0.1, 0.15) is 120 Å². The maximum Gasteiger partial charge on any atom is 0.274 e. The number of hydrogen-bond acceptors (Lipinski definition) is 3. The van der Waals surface area contributed by atoms with Crippen molar-refractivity contribution in [1.82, 2.24) is 10.2 Å². The van der Waals surface area contributed by atoms with Crippen LogP contribution in [0, 0.1) is 16.7 Å². The number of halogens is 2. The highest BCUT2D eigenvalue weighted by Crippen LogP contribution is 2.49. The van der Waals surface area contributed by atoms with Crippen molar-refractivity contribution in [2.75, 3.05) is 6.54 Å². The Morgan fingerprint density at radius 1 is 1.20 bits per heavy atom. The molecule has 45 heavy (non-hydrogen) atoms. The molecule has 7 heteroatoms. The third-order valence-electron chi connectivity index (χ3n) is 9.58. The number of alkyl halides is 1.